The molecule has 0 atom stereocenters. The van der Waals surface area contributed by atoms with Gasteiger partial charge in [0, 0.05) is 23.7 Å². The average Bonchev–Trinajstić information content (AvgIpc) is 2.92. The molecule has 21 heavy (non-hydrogen) atoms. The van der Waals surface area contributed by atoms with Crippen LogP contribution in [0.1, 0.15) is 12.1 Å². The number of hydrogen-bond donors (Lipinski definition) is 2. The van der Waals surface area contributed by atoms with Crippen molar-refractivity contribution in [3.8, 4) is 5.75 Å². The molecule has 0 radical (unpaired) electrons. The highest BCUT2D eigenvalue weighted by atomic mass is 79.9. The van der Waals surface area contributed by atoms with Gasteiger partial charge in [-0.05, 0) is 44.3 Å². The van der Waals surface area contributed by atoms with E-state index < -0.39 is 0 Å². The maximum absolute atomic E-state index is 8.79. The van der Waals surface area contributed by atoms with Gasteiger partial charge in [-0.3, -0.25) is 4.68 Å². The largest absolute Gasteiger partial charge is 0.495 e. The number of aryl methyl sites for hydroxylation is 1. The van der Waals surface area contributed by atoms with E-state index in [4.69, 9.17) is 9.84 Å². The number of halogens is 2. The summed E-state index contributed by atoms with van der Waals surface area (Å²) in [4.78, 5) is 0. The number of aliphatic hydroxyl groups is 1. The lowest BCUT2D eigenvalue weighted by atomic mass is 10.3. The van der Waals surface area contributed by atoms with Crippen LogP contribution in [0.3, 0.4) is 0 Å². The first-order valence-electron chi connectivity index (χ1n) is 6.41. The minimum atomic E-state index is 0.152. The summed E-state index contributed by atoms with van der Waals surface area (Å²) in [6, 6.07) is 3.84. The zero-order chi connectivity index (χ0) is 15.2. The van der Waals surface area contributed by atoms with Crippen molar-refractivity contribution < 1.29 is 9.84 Å². The first-order valence-corrected chi connectivity index (χ1v) is 7.99. The second-order valence-corrected chi connectivity index (χ2v) is 6.08. The number of rotatable bonds is 7. The van der Waals surface area contributed by atoms with E-state index in [-0.39, 0.29) is 6.61 Å². The second kappa shape index (κ2) is 7.77. The summed E-state index contributed by atoms with van der Waals surface area (Å²) in [5.74, 6) is 0.757. The van der Waals surface area contributed by atoms with Gasteiger partial charge in [-0.25, -0.2) is 0 Å². The highest BCUT2D eigenvalue weighted by molar-refractivity contribution is 9.11. The first kappa shape index (κ1) is 16.3. The number of hydrogen-bond acceptors (Lipinski definition) is 5. The molecule has 2 N–H and O–H groups in total. The predicted octanol–water partition coefficient (Wildman–Crippen LogP) is 2.81. The number of ether oxygens (including phenoxy) is 1. The summed E-state index contributed by atoms with van der Waals surface area (Å²) in [7, 11) is 1.63. The molecule has 114 valence electrons. The molecule has 0 saturated carbocycles. The van der Waals surface area contributed by atoms with Crippen molar-refractivity contribution in [3.05, 3.63) is 33.0 Å². The molecular formula is C13H16Br2N4O2. The van der Waals surface area contributed by atoms with Gasteiger partial charge in [-0.15, -0.1) is 5.10 Å². The minimum absolute atomic E-state index is 0.152. The van der Waals surface area contributed by atoms with Crippen LogP contribution in [0.2, 0.25) is 0 Å². The van der Waals surface area contributed by atoms with Crippen LogP contribution in [-0.2, 0) is 13.1 Å². The van der Waals surface area contributed by atoms with Gasteiger partial charge in [0.15, 0.2) is 0 Å². The Labute approximate surface area is 139 Å². The molecule has 0 bridgehead atoms. The minimum Gasteiger partial charge on any atom is -0.495 e. The smallest absolute Gasteiger partial charge is 0.135 e. The molecule has 0 aliphatic carbocycles. The number of aliphatic hydroxyl groups excluding tert-OH is 1. The summed E-state index contributed by atoms with van der Waals surface area (Å²) in [5.41, 5.74) is 1.75. The van der Waals surface area contributed by atoms with Gasteiger partial charge < -0.3 is 15.2 Å². The Kier molecular flexibility index (Phi) is 6.01. The van der Waals surface area contributed by atoms with Crippen molar-refractivity contribution in [1.82, 2.24) is 15.0 Å². The molecule has 2 aromatic rings. The number of nitrogens with one attached hydrogen (secondary N) is 1. The number of benzene rings is 1. The van der Waals surface area contributed by atoms with E-state index in [0.29, 0.717) is 19.5 Å². The van der Waals surface area contributed by atoms with Crippen LogP contribution in [0.5, 0.6) is 5.75 Å². The SMILES string of the molecule is COc1cc(NCc2cn(CCCO)nn2)c(Br)cc1Br. The Morgan fingerprint density at radius 2 is 2.14 bits per heavy atom. The van der Waals surface area contributed by atoms with Gasteiger partial charge in [0.2, 0.25) is 0 Å². The normalized spacial score (nSPS) is 10.7. The molecule has 0 aliphatic heterocycles. The standard InChI is InChI=1S/C13H16Br2N4O2/c1-21-13-6-12(10(14)5-11(13)15)16-7-9-8-19(18-17-9)3-2-4-20/h5-6,8,16,20H,2-4,7H2,1H3. The third-order valence-corrected chi connectivity index (χ3v) is 4.11. The Hall–Kier alpha value is -1.12. The number of aromatic nitrogens is 3. The fraction of sp³-hybridized carbons (Fsp3) is 0.385. The molecule has 1 aromatic carbocycles. The van der Waals surface area contributed by atoms with Crippen LogP contribution >= 0.6 is 31.9 Å². The van der Waals surface area contributed by atoms with Gasteiger partial charge in [0.05, 0.1) is 30.0 Å². The van der Waals surface area contributed by atoms with Crippen molar-refractivity contribution in [2.24, 2.45) is 0 Å². The highest BCUT2D eigenvalue weighted by Crippen LogP contribution is 2.34. The van der Waals surface area contributed by atoms with Crippen molar-refractivity contribution in [2.45, 2.75) is 19.5 Å². The summed E-state index contributed by atoms with van der Waals surface area (Å²) >= 11 is 6.94. The molecule has 0 fully saturated rings. The fourth-order valence-electron chi connectivity index (χ4n) is 1.77. The molecule has 8 heteroatoms. The zero-order valence-corrected chi connectivity index (χ0v) is 14.7. The summed E-state index contributed by atoms with van der Waals surface area (Å²) < 4.78 is 8.82. The molecule has 0 amide bonds. The molecule has 0 spiro atoms. The van der Waals surface area contributed by atoms with Crippen molar-refractivity contribution >= 4 is 37.5 Å². The van der Waals surface area contributed by atoms with Gasteiger partial charge >= 0.3 is 0 Å². The topological polar surface area (TPSA) is 72.2 Å². The van der Waals surface area contributed by atoms with Crippen LogP contribution < -0.4 is 10.1 Å². The molecule has 0 aliphatic rings. The van der Waals surface area contributed by atoms with Crippen LogP contribution in [0, 0.1) is 0 Å². The zero-order valence-electron chi connectivity index (χ0n) is 11.5. The van der Waals surface area contributed by atoms with Gasteiger partial charge in [-0.1, -0.05) is 5.21 Å². The Balaban J connectivity index is 2.01. The molecule has 6 nitrogen and oxygen atoms in total. The van der Waals surface area contributed by atoms with E-state index in [2.05, 4.69) is 47.5 Å². The summed E-state index contributed by atoms with van der Waals surface area (Å²) in [5, 5.41) is 20.2. The maximum Gasteiger partial charge on any atom is 0.135 e. The maximum atomic E-state index is 8.79. The summed E-state index contributed by atoms with van der Waals surface area (Å²) in [6.07, 6.45) is 2.54. The monoisotopic (exact) mass is 418 g/mol. The third-order valence-electron chi connectivity index (χ3n) is 2.83. The lowest BCUT2D eigenvalue weighted by Crippen LogP contribution is -2.02. The van der Waals surface area contributed by atoms with E-state index in [9.17, 15) is 0 Å². The van der Waals surface area contributed by atoms with Gasteiger partial charge in [0.25, 0.3) is 0 Å². The number of nitrogens with zero attached hydrogens (tertiary/aromatic N) is 3. The quantitative estimate of drug-likeness (QED) is 0.721. The first-order chi connectivity index (χ1) is 10.1. The Morgan fingerprint density at radius 3 is 2.86 bits per heavy atom. The Morgan fingerprint density at radius 1 is 1.33 bits per heavy atom. The van der Waals surface area contributed by atoms with E-state index in [1.165, 1.54) is 0 Å². The number of anilines is 1. The highest BCUT2D eigenvalue weighted by Gasteiger charge is 2.08. The lowest BCUT2D eigenvalue weighted by Gasteiger charge is -2.10. The van der Waals surface area contributed by atoms with Crippen molar-refractivity contribution in [2.75, 3.05) is 19.0 Å². The average molecular weight is 420 g/mol. The summed E-state index contributed by atoms with van der Waals surface area (Å²) in [6.45, 7) is 1.38. The van der Waals surface area contributed by atoms with E-state index in [0.717, 1.165) is 26.1 Å². The fourth-order valence-corrected chi connectivity index (χ4v) is 3.06. The molecule has 1 heterocycles. The van der Waals surface area contributed by atoms with Crippen LogP contribution in [0.4, 0.5) is 5.69 Å². The second-order valence-electron chi connectivity index (χ2n) is 4.37. The molecule has 0 saturated heterocycles. The van der Waals surface area contributed by atoms with E-state index >= 15 is 0 Å². The molecular weight excluding hydrogens is 404 g/mol. The van der Waals surface area contributed by atoms with Gasteiger partial charge in [-0.2, -0.15) is 0 Å². The molecule has 0 unspecified atom stereocenters. The molecule has 2 rings (SSSR count). The molecule has 1 aromatic heterocycles. The van der Waals surface area contributed by atoms with E-state index in [1.807, 2.05) is 18.3 Å². The Bertz CT molecular complexity index is 604. The van der Waals surface area contributed by atoms with E-state index in [1.54, 1.807) is 11.8 Å². The van der Waals surface area contributed by atoms with Crippen LogP contribution in [-0.4, -0.2) is 33.8 Å². The predicted molar refractivity (Wildman–Crippen MR) is 87.4 cm³/mol. The van der Waals surface area contributed by atoms with Crippen LogP contribution in [0.15, 0.2) is 27.3 Å². The lowest BCUT2D eigenvalue weighted by molar-refractivity contribution is 0.276. The van der Waals surface area contributed by atoms with Crippen molar-refractivity contribution in [1.29, 1.82) is 0 Å². The third kappa shape index (κ3) is 4.42. The number of methoxy groups -OCH3 is 1. The van der Waals surface area contributed by atoms with Gasteiger partial charge in [0.1, 0.15) is 11.4 Å². The van der Waals surface area contributed by atoms with Crippen molar-refractivity contribution in [3.63, 3.8) is 0 Å². The van der Waals surface area contributed by atoms with Crippen LogP contribution in [0.25, 0.3) is 0 Å².